The summed E-state index contributed by atoms with van der Waals surface area (Å²) < 4.78 is 24.9. The molecule has 16 heavy (non-hydrogen) atoms. The van der Waals surface area contributed by atoms with Gasteiger partial charge in [0.05, 0.1) is 4.92 Å². The molecule has 0 aliphatic carbocycles. The van der Waals surface area contributed by atoms with E-state index in [2.05, 4.69) is 4.98 Å². The zero-order valence-electron chi connectivity index (χ0n) is 8.11. The minimum atomic E-state index is -3.14. The molecule has 1 aromatic heterocycles. The Bertz CT molecular complexity index is 462. The predicted octanol–water partition coefficient (Wildman–Crippen LogP) is 1.33. The molecule has 0 bridgehead atoms. The fourth-order valence-electron chi connectivity index (χ4n) is 1.26. The molecule has 0 saturated carbocycles. The van der Waals surface area contributed by atoms with Crippen LogP contribution in [-0.4, -0.2) is 15.8 Å². The van der Waals surface area contributed by atoms with Crippen molar-refractivity contribution in [3.8, 4) is 0 Å². The highest BCUT2D eigenvalue weighted by Crippen LogP contribution is 2.31. The Labute approximate surface area is 88.2 Å². The van der Waals surface area contributed by atoms with Crippen LogP contribution < -0.4 is 5.73 Å². The quantitative estimate of drug-likeness (QED) is 0.626. The first-order valence-corrected chi connectivity index (χ1v) is 4.08. The molecule has 0 unspecified atom stereocenters. The fraction of sp³-hybridized carbons (Fsp3) is 0.250. The molecule has 6 nitrogen and oxygen atoms in total. The van der Waals surface area contributed by atoms with Crippen molar-refractivity contribution in [1.82, 2.24) is 4.98 Å². The smallest absolute Gasteiger partial charge is 0.309 e. The van der Waals surface area contributed by atoms with Crippen LogP contribution in [0.1, 0.15) is 28.0 Å². The Kier molecular flexibility index (Phi) is 3.11. The highest BCUT2D eigenvalue weighted by molar-refractivity contribution is 5.98. The Morgan fingerprint density at radius 2 is 2.19 bits per heavy atom. The van der Waals surface area contributed by atoms with Crippen LogP contribution in [0.25, 0.3) is 0 Å². The van der Waals surface area contributed by atoms with Crippen molar-refractivity contribution in [2.45, 2.75) is 13.3 Å². The van der Waals surface area contributed by atoms with E-state index in [1.54, 1.807) is 0 Å². The van der Waals surface area contributed by atoms with Crippen LogP contribution in [0, 0.1) is 17.0 Å². The van der Waals surface area contributed by atoms with E-state index in [0.29, 0.717) is 0 Å². The van der Waals surface area contributed by atoms with Gasteiger partial charge in [-0.15, -0.1) is 0 Å². The number of hydrogen-bond acceptors (Lipinski definition) is 4. The van der Waals surface area contributed by atoms with E-state index < -0.39 is 34.2 Å². The maximum Gasteiger partial charge on any atom is 0.309 e. The van der Waals surface area contributed by atoms with Crippen molar-refractivity contribution >= 4 is 11.6 Å². The molecule has 0 radical (unpaired) electrons. The molecule has 2 N–H and O–H groups in total. The third kappa shape index (κ3) is 1.95. The van der Waals surface area contributed by atoms with Crippen LogP contribution in [0.15, 0.2) is 6.20 Å². The van der Waals surface area contributed by atoms with Gasteiger partial charge in [-0.2, -0.15) is 0 Å². The summed E-state index contributed by atoms with van der Waals surface area (Å²) >= 11 is 0. The standard InChI is InChI=1S/C8H7F2N3O3/c1-3-2-12-5(7(9)10)6(13(15)16)4(3)8(11)14/h2,7H,1H3,(H2,11,14). The number of rotatable bonds is 3. The number of nitrogens with two attached hydrogens (primary N) is 1. The summed E-state index contributed by atoms with van der Waals surface area (Å²) in [6.07, 6.45) is -2.19. The van der Waals surface area contributed by atoms with Gasteiger partial charge in [-0.25, -0.2) is 13.8 Å². The highest BCUT2D eigenvalue weighted by atomic mass is 19.3. The third-order valence-electron chi connectivity index (χ3n) is 1.91. The Balaban J connectivity index is 3.63. The number of aryl methyl sites for hydroxylation is 1. The van der Waals surface area contributed by atoms with Crippen LogP contribution in [0.5, 0.6) is 0 Å². The molecule has 0 atom stereocenters. The number of nitro groups is 1. The molecule has 0 aromatic carbocycles. The Hall–Kier alpha value is -2.12. The fourth-order valence-corrected chi connectivity index (χ4v) is 1.26. The number of nitrogens with zero attached hydrogens (tertiary/aromatic N) is 2. The number of carbonyl (C=O) groups is 1. The van der Waals surface area contributed by atoms with Crippen molar-refractivity contribution in [3.05, 3.63) is 33.1 Å². The molecule has 0 spiro atoms. The van der Waals surface area contributed by atoms with E-state index in [9.17, 15) is 23.7 Å². The van der Waals surface area contributed by atoms with Gasteiger partial charge >= 0.3 is 5.69 Å². The van der Waals surface area contributed by atoms with Gasteiger partial charge in [0.1, 0.15) is 5.56 Å². The molecule has 8 heteroatoms. The van der Waals surface area contributed by atoms with Crippen molar-refractivity contribution in [3.63, 3.8) is 0 Å². The second-order valence-corrected chi connectivity index (χ2v) is 2.97. The first-order chi connectivity index (χ1) is 7.36. The van der Waals surface area contributed by atoms with E-state index in [1.165, 1.54) is 6.92 Å². The van der Waals surface area contributed by atoms with Gasteiger partial charge in [0.25, 0.3) is 12.3 Å². The number of pyridine rings is 1. The van der Waals surface area contributed by atoms with Crippen LogP contribution in [0.3, 0.4) is 0 Å². The molecule has 86 valence electrons. The molecule has 1 aromatic rings. The number of halogens is 2. The van der Waals surface area contributed by atoms with Crippen LogP contribution >= 0.6 is 0 Å². The lowest BCUT2D eigenvalue weighted by molar-refractivity contribution is -0.386. The summed E-state index contributed by atoms with van der Waals surface area (Å²) in [4.78, 5) is 23.8. The summed E-state index contributed by atoms with van der Waals surface area (Å²) in [6.45, 7) is 1.33. The largest absolute Gasteiger partial charge is 0.365 e. The normalized spacial score (nSPS) is 10.5. The molecule has 0 saturated heterocycles. The number of alkyl halides is 2. The van der Waals surface area contributed by atoms with Crippen LogP contribution in [0.2, 0.25) is 0 Å². The average Bonchev–Trinajstić information content (AvgIpc) is 2.15. The molecule has 1 amide bonds. The van der Waals surface area contributed by atoms with Crippen molar-refractivity contribution in [2.24, 2.45) is 5.73 Å². The molecule has 0 fully saturated rings. The van der Waals surface area contributed by atoms with Gasteiger partial charge in [0.2, 0.25) is 0 Å². The molecule has 1 heterocycles. The lowest BCUT2D eigenvalue weighted by atomic mass is 10.1. The third-order valence-corrected chi connectivity index (χ3v) is 1.91. The van der Waals surface area contributed by atoms with E-state index in [1.807, 2.05) is 0 Å². The predicted molar refractivity (Wildman–Crippen MR) is 49.1 cm³/mol. The van der Waals surface area contributed by atoms with Gasteiger partial charge in [-0.3, -0.25) is 14.9 Å². The SMILES string of the molecule is Cc1cnc(C(F)F)c([N+](=O)[O-])c1C(N)=O. The lowest BCUT2D eigenvalue weighted by Crippen LogP contribution is -2.17. The Morgan fingerprint density at radius 1 is 1.62 bits per heavy atom. The summed E-state index contributed by atoms with van der Waals surface area (Å²) in [5, 5.41) is 10.6. The Morgan fingerprint density at radius 3 is 2.56 bits per heavy atom. The molecule has 1 rings (SSSR count). The zero-order chi connectivity index (χ0) is 12.5. The number of carbonyl (C=O) groups excluding carboxylic acids is 1. The van der Waals surface area contributed by atoms with Crippen molar-refractivity contribution in [1.29, 1.82) is 0 Å². The second kappa shape index (κ2) is 4.17. The van der Waals surface area contributed by atoms with Gasteiger partial charge in [-0.1, -0.05) is 0 Å². The molecule has 0 aliphatic rings. The van der Waals surface area contributed by atoms with Gasteiger partial charge in [0, 0.05) is 6.20 Å². The van der Waals surface area contributed by atoms with Crippen LogP contribution in [0.4, 0.5) is 14.5 Å². The minimum absolute atomic E-state index is 0.0867. The van der Waals surface area contributed by atoms with Crippen molar-refractivity contribution < 1.29 is 18.5 Å². The lowest BCUT2D eigenvalue weighted by Gasteiger charge is -2.06. The maximum absolute atomic E-state index is 12.4. The van der Waals surface area contributed by atoms with E-state index >= 15 is 0 Å². The first kappa shape index (κ1) is 12.0. The van der Waals surface area contributed by atoms with Gasteiger partial charge < -0.3 is 5.73 Å². The van der Waals surface area contributed by atoms with Gasteiger partial charge in [-0.05, 0) is 12.5 Å². The summed E-state index contributed by atoms with van der Waals surface area (Å²) in [6, 6.07) is 0. The monoisotopic (exact) mass is 231 g/mol. The molecular formula is C8H7F2N3O3. The molecule has 0 aliphatic heterocycles. The van der Waals surface area contributed by atoms with E-state index in [0.717, 1.165) is 6.20 Å². The minimum Gasteiger partial charge on any atom is -0.365 e. The highest BCUT2D eigenvalue weighted by Gasteiger charge is 2.31. The molecular weight excluding hydrogens is 224 g/mol. The van der Waals surface area contributed by atoms with Crippen molar-refractivity contribution in [2.75, 3.05) is 0 Å². The zero-order valence-corrected chi connectivity index (χ0v) is 8.11. The summed E-state index contributed by atoms with van der Waals surface area (Å²) in [5.41, 5.74) is 2.38. The summed E-state index contributed by atoms with van der Waals surface area (Å²) in [5.74, 6) is -1.13. The average molecular weight is 231 g/mol. The second-order valence-electron chi connectivity index (χ2n) is 2.97. The first-order valence-electron chi connectivity index (χ1n) is 4.08. The van der Waals surface area contributed by atoms with E-state index in [-0.39, 0.29) is 5.56 Å². The topological polar surface area (TPSA) is 99.1 Å². The van der Waals surface area contributed by atoms with Gasteiger partial charge in [0.15, 0.2) is 5.69 Å². The number of primary amides is 1. The number of aromatic nitrogens is 1. The maximum atomic E-state index is 12.4. The number of amides is 1. The summed E-state index contributed by atoms with van der Waals surface area (Å²) in [7, 11) is 0. The van der Waals surface area contributed by atoms with E-state index in [4.69, 9.17) is 5.73 Å². The number of hydrogen-bond donors (Lipinski definition) is 1. The van der Waals surface area contributed by atoms with Crippen LogP contribution in [-0.2, 0) is 0 Å².